The molecular formula is C19H19FN2O4. The molecule has 0 fully saturated rings. The number of aromatic nitrogens is 1. The molecule has 6 nitrogen and oxygen atoms in total. The fourth-order valence-electron chi connectivity index (χ4n) is 2.96. The number of halogens is 1. The second-order valence-corrected chi connectivity index (χ2v) is 6.13. The number of benzene rings is 1. The molecule has 2 aromatic heterocycles. The number of carbonyl (C=O) groups is 1. The lowest BCUT2D eigenvalue weighted by Crippen LogP contribution is -2.48. The van der Waals surface area contributed by atoms with Crippen LogP contribution in [0, 0.1) is 6.92 Å². The Morgan fingerprint density at radius 2 is 2.19 bits per heavy atom. The van der Waals surface area contributed by atoms with Gasteiger partial charge in [0.25, 0.3) is 0 Å². The molecule has 0 saturated carbocycles. The molecule has 1 atom stereocenters. The summed E-state index contributed by atoms with van der Waals surface area (Å²) in [6.07, 6.45) is 3.51. The highest BCUT2D eigenvalue weighted by Crippen LogP contribution is 2.35. The highest BCUT2D eigenvalue weighted by atomic mass is 19.1. The molecule has 0 saturated heterocycles. The number of carboxylic acids is 1. The molecule has 0 aliphatic carbocycles. The van der Waals surface area contributed by atoms with E-state index in [-0.39, 0.29) is 18.6 Å². The third-order valence-electron chi connectivity index (χ3n) is 4.17. The van der Waals surface area contributed by atoms with Crippen molar-refractivity contribution in [1.82, 2.24) is 4.98 Å². The molecule has 7 heteroatoms. The minimum Gasteiger partial charge on any atom is -0.475 e. The highest BCUT2D eigenvalue weighted by molar-refractivity contribution is 5.97. The zero-order chi connectivity index (χ0) is 18.7. The molecule has 0 radical (unpaired) electrons. The monoisotopic (exact) mass is 358 g/mol. The summed E-state index contributed by atoms with van der Waals surface area (Å²) < 4.78 is 24.5. The lowest BCUT2D eigenvalue weighted by molar-refractivity contribution is 0.0605. The SMILES string of the molecule is Cc1c(C(=O)O)oc2cccc(OC(N)(CCF)Cc3cccnc3)c12. The predicted octanol–water partition coefficient (Wildman–Crippen LogP) is 3.47. The third kappa shape index (κ3) is 3.52. The van der Waals surface area contributed by atoms with Gasteiger partial charge in [-0.2, -0.15) is 0 Å². The van der Waals surface area contributed by atoms with E-state index in [0.29, 0.717) is 22.3 Å². The average Bonchev–Trinajstić information content (AvgIpc) is 2.94. The van der Waals surface area contributed by atoms with Crippen LogP contribution in [0.3, 0.4) is 0 Å². The Kier molecular flexibility index (Phi) is 4.90. The summed E-state index contributed by atoms with van der Waals surface area (Å²) >= 11 is 0. The maximum Gasteiger partial charge on any atom is 0.372 e. The van der Waals surface area contributed by atoms with Crippen LogP contribution in [0.2, 0.25) is 0 Å². The molecule has 3 rings (SSSR count). The van der Waals surface area contributed by atoms with Crippen molar-refractivity contribution in [3.05, 3.63) is 59.6 Å². The largest absolute Gasteiger partial charge is 0.475 e. The van der Waals surface area contributed by atoms with Crippen molar-refractivity contribution in [2.75, 3.05) is 6.67 Å². The molecule has 26 heavy (non-hydrogen) atoms. The van der Waals surface area contributed by atoms with Crippen LogP contribution in [0.5, 0.6) is 5.75 Å². The number of pyridine rings is 1. The van der Waals surface area contributed by atoms with E-state index in [4.69, 9.17) is 14.9 Å². The molecule has 2 heterocycles. The van der Waals surface area contributed by atoms with Crippen molar-refractivity contribution >= 4 is 16.9 Å². The van der Waals surface area contributed by atoms with Crippen molar-refractivity contribution in [3.63, 3.8) is 0 Å². The van der Waals surface area contributed by atoms with Gasteiger partial charge in [0.1, 0.15) is 11.3 Å². The van der Waals surface area contributed by atoms with E-state index in [2.05, 4.69) is 4.98 Å². The number of carboxylic acid groups (broad SMARTS) is 1. The Morgan fingerprint density at radius 3 is 2.85 bits per heavy atom. The van der Waals surface area contributed by atoms with Crippen LogP contribution >= 0.6 is 0 Å². The summed E-state index contributed by atoms with van der Waals surface area (Å²) in [6.45, 7) is 0.980. The smallest absolute Gasteiger partial charge is 0.372 e. The number of ether oxygens (including phenoxy) is 1. The molecule has 0 bridgehead atoms. The molecule has 0 spiro atoms. The quantitative estimate of drug-likeness (QED) is 0.628. The first-order valence-corrected chi connectivity index (χ1v) is 8.12. The molecule has 3 aromatic rings. The van der Waals surface area contributed by atoms with Gasteiger partial charge in [0.2, 0.25) is 5.76 Å². The minimum absolute atomic E-state index is 0.0268. The maximum absolute atomic E-state index is 13.1. The molecular weight excluding hydrogens is 339 g/mol. The van der Waals surface area contributed by atoms with Gasteiger partial charge in [0, 0.05) is 30.8 Å². The normalized spacial score (nSPS) is 13.5. The van der Waals surface area contributed by atoms with Gasteiger partial charge < -0.3 is 14.3 Å². The summed E-state index contributed by atoms with van der Waals surface area (Å²) in [4.78, 5) is 15.4. The summed E-state index contributed by atoms with van der Waals surface area (Å²) in [5.41, 5.74) is 6.66. The molecule has 0 amide bonds. The fourth-order valence-corrected chi connectivity index (χ4v) is 2.96. The van der Waals surface area contributed by atoms with Crippen LogP contribution in [0.25, 0.3) is 11.0 Å². The predicted molar refractivity (Wildman–Crippen MR) is 94.0 cm³/mol. The van der Waals surface area contributed by atoms with Crippen molar-refractivity contribution in [3.8, 4) is 5.75 Å². The van der Waals surface area contributed by atoms with Crippen molar-refractivity contribution in [1.29, 1.82) is 0 Å². The zero-order valence-electron chi connectivity index (χ0n) is 14.2. The van der Waals surface area contributed by atoms with Crippen LogP contribution in [-0.4, -0.2) is 28.5 Å². The lowest BCUT2D eigenvalue weighted by atomic mass is 10.0. The van der Waals surface area contributed by atoms with Gasteiger partial charge in [-0.05, 0) is 30.7 Å². The lowest BCUT2D eigenvalue weighted by Gasteiger charge is -2.30. The molecule has 1 unspecified atom stereocenters. The number of hydrogen-bond acceptors (Lipinski definition) is 5. The van der Waals surface area contributed by atoms with Crippen LogP contribution in [-0.2, 0) is 6.42 Å². The van der Waals surface area contributed by atoms with Gasteiger partial charge in [0.05, 0.1) is 12.1 Å². The van der Waals surface area contributed by atoms with Crippen molar-refractivity contribution < 1.29 is 23.4 Å². The Hall–Kier alpha value is -2.93. The number of furan rings is 1. The van der Waals surface area contributed by atoms with Gasteiger partial charge >= 0.3 is 5.97 Å². The second kappa shape index (κ2) is 7.13. The van der Waals surface area contributed by atoms with Crippen molar-refractivity contribution in [2.24, 2.45) is 5.73 Å². The molecule has 3 N–H and O–H groups in total. The highest BCUT2D eigenvalue weighted by Gasteiger charge is 2.30. The van der Waals surface area contributed by atoms with Gasteiger partial charge in [0.15, 0.2) is 5.72 Å². The van der Waals surface area contributed by atoms with Crippen LogP contribution in [0.4, 0.5) is 4.39 Å². The number of aryl methyl sites for hydroxylation is 1. The number of aromatic carboxylic acids is 1. The number of hydrogen-bond donors (Lipinski definition) is 2. The van der Waals surface area contributed by atoms with Crippen LogP contribution in [0.15, 0.2) is 47.1 Å². The summed E-state index contributed by atoms with van der Waals surface area (Å²) in [7, 11) is 0. The Morgan fingerprint density at radius 1 is 1.38 bits per heavy atom. The standard InChI is InChI=1S/C19H19FN2O4/c1-12-16-14(25-17(12)18(23)24)5-2-6-15(16)26-19(21,7-8-20)10-13-4-3-9-22-11-13/h2-6,9,11H,7-8,10,21H2,1H3,(H,23,24). The first-order chi connectivity index (χ1) is 12.4. The van der Waals surface area contributed by atoms with Gasteiger partial charge in [-0.15, -0.1) is 0 Å². The van der Waals surface area contributed by atoms with Gasteiger partial charge in [-0.25, -0.2) is 4.79 Å². The van der Waals surface area contributed by atoms with E-state index >= 15 is 0 Å². The molecule has 0 aliphatic rings. The summed E-state index contributed by atoms with van der Waals surface area (Å²) in [5, 5.41) is 9.77. The summed E-state index contributed by atoms with van der Waals surface area (Å²) in [6, 6.07) is 8.59. The van der Waals surface area contributed by atoms with Crippen LogP contribution < -0.4 is 10.5 Å². The van der Waals surface area contributed by atoms with E-state index in [9.17, 15) is 14.3 Å². The fraction of sp³-hybridized carbons (Fsp3) is 0.263. The summed E-state index contributed by atoms with van der Waals surface area (Å²) in [5.74, 6) is -0.963. The Bertz CT molecular complexity index is 926. The van der Waals surface area contributed by atoms with Gasteiger partial charge in [-0.3, -0.25) is 15.1 Å². The molecule has 0 aliphatic heterocycles. The third-order valence-corrected chi connectivity index (χ3v) is 4.17. The second-order valence-electron chi connectivity index (χ2n) is 6.13. The van der Waals surface area contributed by atoms with E-state index in [0.717, 1.165) is 5.56 Å². The Balaban J connectivity index is 2.00. The minimum atomic E-state index is -1.31. The van der Waals surface area contributed by atoms with E-state index < -0.39 is 18.4 Å². The molecule has 1 aromatic carbocycles. The zero-order valence-corrected chi connectivity index (χ0v) is 14.2. The van der Waals surface area contributed by atoms with Crippen molar-refractivity contribution in [2.45, 2.75) is 25.5 Å². The van der Waals surface area contributed by atoms with E-state index in [1.54, 1.807) is 43.6 Å². The first kappa shape index (κ1) is 17.9. The topological polar surface area (TPSA) is 98.6 Å². The number of fused-ring (bicyclic) bond motifs is 1. The Labute approximate surface area is 149 Å². The van der Waals surface area contributed by atoms with Gasteiger partial charge in [-0.1, -0.05) is 12.1 Å². The molecule has 136 valence electrons. The number of alkyl halides is 1. The van der Waals surface area contributed by atoms with E-state index in [1.165, 1.54) is 0 Å². The number of rotatable bonds is 7. The number of nitrogens with two attached hydrogens (primary N) is 1. The number of nitrogens with zero attached hydrogens (tertiary/aromatic N) is 1. The first-order valence-electron chi connectivity index (χ1n) is 8.12. The van der Waals surface area contributed by atoms with E-state index in [1.807, 2.05) is 6.07 Å². The average molecular weight is 358 g/mol. The van der Waals surface area contributed by atoms with Crippen LogP contribution in [0.1, 0.15) is 28.1 Å². The maximum atomic E-state index is 13.1.